The van der Waals surface area contributed by atoms with Gasteiger partial charge in [-0.15, -0.1) is 0 Å². The highest BCUT2D eigenvalue weighted by atomic mass is 16.4. The van der Waals surface area contributed by atoms with Gasteiger partial charge >= 0.3 is 0 Å². The zero-order valence-electron chi connectivity index (χ0n) is 15.1. The molecule has 0 bridgehead atoms. The molecule has 0 aliphatic carbocycles. The minimum Gasteiger partial charge on any atom is -0.436 e. The van der Waals surface area contributed by atoms with Gasteiger partial charge in [-0.25, -0.2) is 0 Å². The number of furan rings is 1. The zero-order chi connectivity index (χ0) is 19.8. The number of nitrogens with zero attached hydrogens (tertiary/aromatic N) is 4. The van der Waals surface area contributed by atoms with Crippen LogP contribution in [0.2, 0.25) is 0 Å². The van der Waals surface area contributed by atoms with Crippen molar-refractivity contribution in [1.29, 1.82) is 5.26 Å². The van der Waals surface area contributed by atoms with E-state index in [1.165, 1.54) is 6.08 Å². The molecular weight excluding hydrogens is 360 g/mol. The van der Waals surface area contributed by atoms with Crippen molar-refractivity contribution < 1.29 is 18.4 Å². The third kappa shape index (κ3) is 2.70. The summed E-state index contributed by atoms with van der Waals surface area (Å²) in [5, 5.41) is 9.29. The molecular formula is C20H14N4O4. The summed E-state index contributed by atoms with van der Waals surface area (Å²) in [4.78, 5) is 34.2. The molecule has 8 heteroatoms. The number of rotatable bonds is 3. The van der Waals surface area contributed by atoms with Gasteiger partial charge in [-0.2, -0.15) is 10.2 Å². The molecule has 4 heterocycles. The molecule has 138 valence electrons. The Balaban J connectivity index is 1.76. The Morgan fingerprint density at radius 2 is 2.11 bits per heavy atom. The first-order valence-electron chi connectivity index (χ1n) is 8.53. The van der Waals surface area contributed by atoms with E-state index in [4.69, 9.17) is 8.83 Å². The third-order valence-electron chi connectivity index (χ3n) is 4.45. The van der Waals surface area contributed by atoms with Gasteiger partial charge in [0.15, 0.2) is 5.58 Å². The molecule has 0 spiro atoms. The van der Waals surface area contributed by atoms with Crippen LogP contribution in [0.25, 0.3) is 28.8 Å². The standard InChI is InChI=1S/C20H14N4O4/c1-3-24-19(25)14(11(2)15(9-21)20(24)26)7-13-8-16-18(27-13)23-17(28-16)12-5-4-6-22-10-12/h4-8,10H,3H2,1-2H3/b14-7-. The average molecular weight is 374 g/mol. The molecule has 0 saturated carbocycles. The summed E-state index contributed by atoms with van der Waals surface area (Å²) in [6.45, 7) is 3.41. The van der Waals surface area contributed by atoms with Crippen LogP contribution in [0.1, 0.15) is 19.6 Å². The van der Waals surface area contributed by atoms with Gasteiger partial charge in [0.25, 0.3) is 17.5 Å². The van der Waals surface area contributed by atoms with E-state index in [0.29, 0.717) is 28.4 Å². The number of carbonyl (C=O) groups excluding carboxylic acids is 2. The summed E-state index contributed by atoms with van der Waals surface area (Å²) in [5.41, 5.74) is 1.89. The number of imide groups is 1. The largest absolute Gasteiger partial charge is 0.436 e. The smallest absolute Gasteiger partial charge is 0.271 e. The molecule has 1 aliphatic heterocycles. The number of likely N-dealkylation sites (N-methyl/N-ethyl adjacent to an activating group) is 1. The van der Waals surface area contributed by atoms with E-state index in [9.17, 15) is 14.9 Å². The molecule has 0 radical (unpaired) electrons. The SMILES string of the molecule is CCN1C(=O)C(C#N)=C(C)/C(=C/c2cc3oc(-c4cccnc4)nc3o2)C1=O. The maximum atomic E-state index is 12.6. The Morgan fingerprint density at radius 3 is 2.75 bits per heavy atom. The van der Waals surface area contributed by atoms with Crippen molar-refractivity contribution in [3.63, 3.8) is 0 Å². The lowest BCUT2D eigenvalue weighted by Gasteiger charge is -2.25. The van der Waals surface area contributed by atoms with Gasteiger partial charge in [0, 0.05) is 30.6 Å². The van der Waals surface area contributed by atoms with E-state index in [0.717, 1.165) is 4.90 Å². The molecule has 4 rings (SSSR count). The molecule has 3 aromatic rings. The van der Waals surface area contributed by atoms with Crippen LogP contribution in [0.15, 0.2) is 56.1 Å². The normalized spacial score (nSPS) is 16.3. The van der Waals surface area contributed by atoms with Crippen molar-refractivity contribution in [2.45, 2.75) is 13.8 Å². The summed E-state index contributed by atoms with van der Waals surface area (Å²) < 4.78 is 11.4. The van der Waals surface area contributed by atoms with E-state index in [1.54, 1.807) is 38.4 Å². The Labute approximate surface area is 159 Å². The Morgan fingerprint density at radius 1 is 1.29 bits per heavy atom. The van der Waals surface area contributed by atoms with Gasteiger partial charge in [0.1, 0.15) is 17.4 Å². The van der Waals surface area contributed by atoms with Crippen LogP contribution in [0, 0.1) is 11.3 Å². The van der Waals surface area contributed by atoms with Crippen LogP contribution >= 0.6 is 0 Å². The highest BCUT2D eigenvalue weighted by Gasteiger charge is 2.34. The van der Waals surface area contributed by atoms with Crippen LogP contribution in [0.3, 0.4) is 0 Å². The lowest BCUT2D eigenvalue weighted by Crippen LogP contribution is -2.42. The molecule has 0 saturated heterocycles. The number of aromatic nitrogens is 2. The first kappa shape index (κ1) is 17.4. The van der Waals surface area contributed by atoms with E-state index in [-0.39, 0.29) is 23.4 Å². The number of hydrogen-bond acceptors (Lipinski definition) is 7. The summed E-state index contributed by atoms with van der Waals surface area (Å²) in [7, 11) is 0. The number of carbonyl (C=O) groups is 2. The van der Waals surface area contributed by atoms with Crippen molar-refractivity contribution in [2.75, 3.05) is 6.54 Å². The number of nitriles is 1. The predicted molar refractivity (Wildman–Crippen MR) is 98.2 cm³/mol. The molecule has 0 N–H and O–H groups in total. The van der Waals surface area contributed by atoms with Crippen molar-refractivity contribution in [3.8, 4) is 17.5 Å². The minimum absolute atomic E-state index is 0.0556. The maximum Gasteiger partial charge on any atom is 0.271 e. The van der Waals surface area contributed by atoms with E-state index >= 15 is 0 Å². The van der Waals surface area contributed by atoms with Crippen LogP contribution < -0.4 is 0 Å². The van der Waals surface area contributed by atoms with Crippen molar-refractivity contribution >= 4 is 29.2 Å². The molecule has 0 aromatic carbocycles. The quantitative estimate of drug-likeness (QED) is 0.511. The van der Waals surface area contributed by atoms with Gasteiger partial charge in [0.2, 0.25) is 5.89 Å². The predicted octanol–water partition coefficient (Wildman–Crippen LogP) is 3.09. The lowest BCUT2D eigenvalue weighted by atomic mass is 9.95. The first-order chi connectivity index (χ1) is 13.5. The molecule has 8 nitrogen and oxygen atoms in total. The number of fused-ring (bicyclic) bond motifs is 1. The Bertz CT molecular complexity index is 1180. The second kappa shape index (κ2) is 6.63. The highest BCUT2D eigenvalue weighted by Crippen LogP contribution is 2.30. The van der Waals surface area contributed by atoms with E-state index < -0.39 is 11.8 Å². The fourth-order valence-electron chi connectivity index (χ4n) is 3.00. The molecule has 0 unspecified atom stereocenters. The van der Waals surface area contributed by atoms with Crippen LogP contribution in [-0.2, 0) is 9.59 Å². The summed E-state index contributed by atoms with van der Waals surface area (Å²) in [6.07, 6.45) is 4.77. The third-order valence-corrected chi connectivity index (χ3v) is 4.45. The second-order valence-corrected chi connectivity index (χ2v) is 6.10. The number of amides is 2. The fraction of sp³-hybridized carbons (Fsp3) is 0.150. The van der Waals surface area contributed by atoms with Crippen molar-refractivity contribution in [2.24, 2.45) is 0 Å². The zero-order valence-corrected chi connectivity index (χ0v) is 15.1. The molecule has 3 aromatic heterocycles. The average Bonchev–Trinajstić information content (AvgIpc) is 3.25. The lowest BCUT2D eigenvalue weighted by molar-refractivity contribution is -0.140. The Kier molecular flexibility index (Phi) is 4.12. The highest BCUT2D eigenvalue weighted by molar-refractivity contribution is 6.19. The maximum absolute atomic E-state index is 12.6. The van der Waals surface area contributed by atoms with Crippen molar-refractivity contribution in [3.05, 3.63) is 53.1 Å². The number of oxazole rings is 1. The minimum atomic E-state index is -0.583. The topological polar surface area (TPSA) is 113 Å². The van der Waals surface area contributed by atoms with Crippen molar-refractivity contribution in [1.82, 2.24) is 14.9 Å². The van der Waals surface area contributed by atoms with Gasteiger partial charge in [-0.05, 0) is 37.6 Å². The Hall–Kier alpha value is -3.99. The van der Waals surface area contributed by atoms with E-state index in [1.807, 2.05) is 12.1 Å². The molecule has 0 fully saturated rings. The monoisotopic (exact) mass is 374 g/mol. The van der Waals surface area contributed by atoms with Gasteiger partial charge in [0.05, 0.1) is 5.56 Å². The van der Waals surface area contributed by atoms with Gasteiger partial charge in [-0.3, -0.25) is 19.5 Å². The molecule has 2 amide bonds. The number of pyridine rings is 1. The summed E-state index contributed by atoms with van der Waals surface area (Å²) in [6, 6.07) is 7.07. The first-order valence-corrected chi connectivity index (χ1v) is 8.53. The van der Waals surface area contributed by atoms with Crippen LogP contribution in [0.4, 0.5) is 0 Å². The number of hydrogen-bond donors (Lipinski definition) is 0. The van der Waals surface area contributed by atoms with Crippen LogP contribution in [0.5, 0.6) is 0 Å². The van der Waals surface area contributed by atoms with Gasteiger partial charge < -0.3 is 8.83 Å². The molecule has 28 heavy (non-hydrogen) atoms. The second-order valence-electron chi connectivity index (χ2n) is 6.10. The van der Waals surface area contributed by atoms with Crippen LogP contribution in [-0.4, -0.2) is 33.2 Å². The van der Waals surface area contributed by atoms with Gasteiger partial charge in [-0.1, -0.05) is 0 Å². The molecule has 0 atom stereocenters. The summed E-state index contributed by atoms with van der Waals surface area (Å²) in [5.74, 6) is -0.341. The molecule has 1 aliphatic rings. The summed E-state index contributed by atoms with van der Waals surface area (Å²) >= 11 is 0. The van der Waals surface area contributed by atoms with E-state index in [2.05, 4.69) is 9.97 Å². The fourth-order valence-corrected chi connectivity index (χ4v) is 3.00.